The Balaban J connectivity index is 1.56. The maximum atomic E-state index is 12.7. The summed E-state index contributed by atoms with van der Waals surface area (Å²) < 4.78 is 22.1. The van der Waals surface area contributed by atoms with E-state index in [1.165, 1.54) is 6.08 Å². The highest BCUT2D eigenvalue weighted by Gasteiger charge is 2.62. The Morgan fingerprint density at radius 3 is 2.67 bits per heavy atom. The van der Waals surface area contributed by atoms with Crippen molar-refractivity contribution in [2.24, 2.45) is 11.3 Å². The highest BCUT2D eigenvalue weighted by molar-refractivity contribution is 5.88. The molecule has 1 aromatic carbocycles. The van der Waals surface area contributed by atoms with Gasteiger partial charge in [0.15, 0.2) is 6.10 Å². The Bertz CT molecular complexity index is 1030. The third kappa shape index (κ3) is 3.92. The first-order valence-electron chi connectivity index (χ1n) is 11.4. The van der Waals surface area contributed by atoms with E-state index in [-0.39, 0.29) is 11.4 Å². The van der Waals surface area contributed by atoms with Gasteiger partial charge in [-0.1, -0.05) is 6.92 Å². The van der Waals surface area contributed by atoms with Gasteiger partial charge in [0, 0.05) is 11.6 Å². The third-order valence-corrected chi connectivity index (χ3v) is 7.74. The molecule has 7 heteroatoms. The molecule has 33 heavy (non-hydrogen) atoms. The number of hydrogen-bond donors (Lipinski definition) is 1. The van der Waals surface area contributed by atoms with Crippen LogP contribution < -0.4 is 9.47 Å². The van der Waals surface area contributed by atoms with Gasteiger partial charge < -0.3 is 24.1 Å². The number of esters is 2. The molecule has 0 radical (unpaired) electrons. The van der Waals surface area contributed by atoms with Crippen molar-refractivity contribution in [3.63, 3.8) is 0 Å². The largest absolute Gasteiger partial charge is 0.497 e. The summed E-state index contributed by atoms with van der Waals surface area (Å²) in [5, 5.41) is 11.3. The standard InChI is InChI=1S/C26H32O7/c1-15-19(32-21(27)9-6-17-14-18(30-4)7-8-20(17)31-5)10-11-25(3)12-13-26(29)16(2)24(28)33-23(26)22(15)25/h6-9,14,16,19,23,29H,10-13H2,1-5H3/t16?,19?,23-,25+,26+/m0/s1. The van der Waals surface area contributed by atoms with Crippen LogP contribution in [0.3, 0.4) is 0 Å². The molecule has 2 fully saturated rings. The van der Waals surface area contributed by atoms with Crippen molar-refractivity contribution in [2.45, 2.75) is 64.3 Å². The summed E-state index contributed by atoms with van der Waals surface area (Å²) >= 11 is 0. The summed E-state index contributed by atoms with van der Waals surface area (Å²) in [4.78, 5) is 25.0. The first-order valence-corrected chi connectivity index (χ1v) is 11.4. The number of carbonyl (C=O) groups is 2. The molecule has 1 saturated carbocycles. The highest BCUT2D eigenvalue weighted by Crippen LogP contribution is 2.57. The molecule has 1 aromatic rings. The summed E-state index contributed by atoms with van der Waals surface area (Å²) in [6, 6.07) is 5.33. The lowest BCUT2D eigenvalue weighted by Gasteiger charge is -2.50. The van der Waals surface area contributed by atoms with E-state index in [1.54, 1.807) is 45.4 Å². The molecule has 7 nitrogen and oxygen atoms in total. The lowest BCUT2D eigenvalue weighted by molar-refractivity contribution is -0.146. The Morgan fingerprint density at radius 2 is 1.97 bits per heavy atom. The van der Waals surface area contributed by atoms with Gasteiger partial charge >= 0.3 is 11.9 Å². The van der Waals surface area contributed by atoms with Crippen molar-refractivity contribution in [3.05, 3.63) is 41.0 Å². The van der Waals surface area contributed by atoms with Crippen LogP contribution in [-0.2, 0) is 19.1 Å². The molecule has 1 aliphatic heterocycles. The van der Waals surface area contributed by atoms with Gasteiger partial charge in [-0.3, -0.25) is 4.79 Å². The predicted molar refractivity (Wildman–Crippen MR) is 122 cm³/mol. The average Bonchev–Trinajstić information content (AvgIpc) is 3.03. The fourth-order valence-corrected chi connectivity index (χ4v) is 5.57. The van der Waals surface area contributed by atoms with Gasteiger partial charge in [0.2, 0.25) is 0 Å². The van der Waals surface area contributed by atoms with Crippen LogP contribution in [0.25, 0.3) is 6.08 Å². The minimum Gasteiger partial charge on any atom is -0.497 e. The Hall–Kier alpha value is -2.80. The van der Waals surface area contributed by atoms with E-state index in [1.807, 2.05) is 6.92 Å². The SMILES string of the molecule is COc1ccc(OC)c(C=CC(=O)OC2CC[C@]3(C)CC[C@@]4(O)C(C)C(=O)O[C@H]4C3=C2C)c1. The molecule has 0 spiro atoms. The summed E-state index contributed by atoms with van der Waals surface area (Å²) in [7, 11) is 3.14. The number of methoxy groups -OCH3 is 2. The van der Waals surface area contributed by atoms with Crippen molar-refractivity contribution in [3.8, 4) is 11.5 Å². The van der Waals surface area contributed by atoms with Crippen LogP contribution >= 0.6 is 0 Å². The molecular weight excluding hydrogens is 424 g/mol. The van der Waals surface area contributed by atoms with Crippen LogP contribution in [-0.4, -0.2) is 49.1 Å². The second-order valence-corrected chi connectivity index (χ2v) is 9.59. The molecule has 5 atom stereocenters. The molecule has 0 bridgehead atoms. The Kier molecular flexibility index (Phi) is 6.03. The van der Waals surface area contributed by atoms with Crippen LogP contribution in [0.15, 0.2) is 35.4 Å². The zero-order valence-corrected chi connectivity index (χ0v) is 19.8. The van der Waals surface area contributed by atoms with E-state index >= 15 is 0 Å². The number of benzene rings is 1. The van der Waals surface area contributed by atoms with E-state index in [9.17, 15) is 14.7 Å². The zero-order chi connectivity index (χ0) is 24.0. The Morgan fingerprint density at radius 1 is 1.21 bits per heavy atom. The minimum atomic E-state index is -1.21. The first-order chi connectivity index (χ1) is 15.6. The fraction of sp³-hybridized carbons (Fsp3) is 0.538. The fourth-order valence-electron chi connectivity index (χ4n) is 5.57. The third-order valence-electron chi connectivity index (χ3n) is 7.74. The smallest absolute Gasteiger partial charge is 0.331 e. The van der Waals surface area contributed by atoms with Crippen molar-refractivity contribution >= 4 is 18.0 Å². The predicted octanol–water partition coefficient (Wildman–Crippen LogP) is 3.83. The molecule has 1 heterocycles. The molecule has 1 saturated heterocycles. The van der Waals surface area contributed by atoms with Crippen LogP contribution in [0, 0.1) is 11.3 Å². The van der Waals surface area contributed by atoms with Crippen LogP contribution in [0.4, 0.5) is 0 Å². The summed E-state index contributed by atoms with van der Waals surface area (Å²) in [5.74, 6) is -0.153. The van der Waals surface area contributed by atoms with Crippen molar-refractivity contribution < 1.29 is 33.6 Å². The topological polar surface area (TPSA) is 91.3 Å². The van der Waals surface area contributed by atoms with E-state index < -0.39 is 29.7 Å². The summed E-state index contributed by atoms with van der Waals surface area (Å²) in [5.41, 5.74) is 1.09. The quantitative estimate of drug-likeness (QED) is 0.409. The van der Waals surface area contributed by atoms with E-state index in [2.05, 4.69) is 6.92 Å². The van der Waals surface area contributed by atoms with E-state index in [4.69, 9.17) is 18.9 Å². The van der Waals surface area contributed by atoms with Crippen LogP contribution in [0.5, 0.6) is 11.5 Å². The van der Waals surface area contributed by atoms with Gasteiger partial charge in [0.25, 0.3) is 0 Å². The summed E-state index contributed by atoms with van der Waals surface area (Å²) in [6.07, 6.45) is 4.66. The zero-order valence-electron chi connectivity index (χ0n) is 19.8. The van der Waals surface area contributed by atoms with Gasteiger partial charge in [0.05, 0.1) is 20.1 Å². The Labute approximate surface area is 194 Å². The molecular formula is C26H32O7. The van der Waals surface area contributed by atoms with Gasteiger partial charge in [-0.15, -0.1) is 0 Å². The lowest BCUT2D eigenvalue weighted by atomic mass is 9.57. The molecule has 0 amide bonds. The molecule has 3 aliphatic rings. The van der Waals surface area contributed by atoms with Gasteiger partial charge in [-0.25, -0.2) is 4.79 Å². The number of rotatable bonds is 5. The molecule has 4 rings (SSSR count). The molecule has 178 valence electrons. The average molecular weight is 457 g/mol. The molecule has 0 aromatic heterocycles. The van der Waals surface area contributed by atoms with Crippen LogP contribution in [0.1, 0.15) is 52.0 Å². The normalized spacial score (nSPS) is 33.4. The number of aliphatic hydroxyl groups is 1. The number of hydrogen-bond acceptors (Lipinski definition) is 7. The molecule has 2 unspecified atom stereocenters. The lowest BCUT2D eigenvalue weighted by Crippen LogP contribution is -2.53. The van der Waals surface area contributed by atoms with E-state index in [0.717, 1.165) is 24.0 Å². The molecule has 1 N–H and O–H groups in total. The first kappa shape index (κ1) is 23.4. The number of carbonyl (C=O) groups excluding carboxylic acids is 2. The highest BCUT2D eigenvalue weighted by atomic mass is 16.6. The number of fused-ring (bicyclic) bond motifs is 3. The van der Waals surface area contributed by atoms with Crippen molar-refractivity contribution in [1.29, 1.82) is 0 Å². The van der Waals surface area contributed by atoms with Gasteiger partial charge in [-0.2, -0.15) is 0 Å². The maximum Gasteiger partial charge on any atom is 0.331 e. The summed E-state index contributed by atoms with van der Waals surface area (Å²) in [6.45, 7) is 5.79. The monoisotopic (exact) mass is 456 g/mol. The van der Waals surface area contributed by atoms with Gasteiger partial charge in [0.1, 0.15) is 23.2 Å². The van der Waals surface area contributed by atoms with Crippen LogP contribution in [0.2, 0.25) is 0 Å². The number of ether oxygens (including phenoxy) is 4. The molecule has 2 aliphatic carbocycles. The second kappa shape index (κ2) is 8.52. The van der Waals surface area contributed by atoms with Crippen molar-refractivity contribution in [2.75, 3.05) is 14.2 Å². The van der Waals surface area contributed by atoms with E-state index in [0.29, 0.717) is 29.9 Å². The van der Waals surface area contributed by atoms with Crippen molar-refractivity contribution in [1.82, 2.24) is 0 Å². The minimum absolute atomic E-state index is 0.183. The second-order valence-electron chi connectivity index (χ2n) is 9.59. The maximum absolute atomic E-state index is 12.7. The van der Waals surface area contributed by atoms with Gasteiger partial charge in [-0.05, 0) is 80.4 Å².